The first kappa shape index (κ1) is 14.5. The minimum atomic E-state index is -3.47. The summed E-state index contributed by atoms with van der Waals surface area (Å²) in [6.07, 6.45) is 6.51. The molecule has 2 rings (SSSR count). The molecule has 0 radical (unpaired) electrons. The molecule has 0 bridgehead atoms. The minimum absolute atomic E-state index is 0.132. The Hall–Kier alpha value is -0.920. The van der Waals surface area contributed by atoms with Gasteiger partial charge in [0.1, 0.15) is 0 Å². The average Bonchev–Trinajstić information content (AvgIpc) is 2.89. The Morgan fingerprint density at radius 3 is 2.89 bits per heavy atom. The summed E-state index contributed by atoms with van der Waals surface area (Å²) in [6, 6.07) is 0.252. The maximum Gasteiger partial charge on any atom is 0.261 e. The fourth-order valence-electron chi connectivity index (χ4n) is 2.29. The predicted octanol–water partition coefficient (Wildman–Crippen LogP) is 0.666. The van der Waals surface area contributed by atoms with E-state index < -0.39 is 10.0 Å². The van der Waals surface area contributed by atoms with E-state index in [4.69, 9.17) is 0 Å². The molecular formula is C12H22N4O2S. The van der Waals surface area contributed by atoms with Gasteiger partial charge in [0.05, 0.1) is 6.33 Å². The van der Waals surface area contributed by atoms with Crippen LogP contribution in [0.4, 0.5) is 0 Å². The molecule has 1 atom stereocenters. The van der Waals surface area contributed by atoms with Crippen LogP contribution in [0.2, 0.25) is 0 Å². The zero-order valence-corrected chi connectivity index (χ0v) is 12.4. The largest absolute Gasteiger partial charge is 0.336 e. The maximum atomic E-state index is 12.4. The molecule has 1 saturated heterocycles. The Bertz CT molecular complexity index is 506. The SMILES string of the molecule is CCn1cnc(S(=O)(=O)N(C)CC2CCCCN2)c1. The Kier molecular flexibility index (Phi) is 4.59. The summed E-state index contributed by atoms with van der Waals surface area (Å²) < 4.78 is 27.9. The molecule has 19 heavy (non-hydrogen) atoms. The first-order valence-corrected chi connectivity index (χ1v) is 8.19. The number of hydrogen-bond donors (Lipinski definition) is 1. The molecule has 1 fully saturated rings. The van der Waals surface area contributed by atoms with E-state index in [2.05, 4.69) is 10.3 Å². The van der Waals surface area contributed by atoms with Gasteiger partial charge in [-0.1, -0.05) is 6.42 Å². The van der Waals surface area contributed by atoms with Crippen molar-refractivity contribution < 1.29 is 8.42 Å². The molecule has 0 spiro atoms. The van der Waals surface area contributed by atoms with E-state index >= 15 is 0 Å². The number of piperidine rings is 1. The van der Waals surface area contributed by atoms with Gasteiger partial charge in [-0.15, -0.1) is 0 Å². The number of aromatic nitrogens is 2. The third-order valence-corrected chi connectivity index (χ3v) is 5.25. The van der Waals surface area contributed by atoms with E-state index in [1.165, 1.54) is 10.7 Å². The van der Waals surface area contributed by atoms with E-state index in [0.717, 1.165) is 25.9 Å². The Labute approximate surface area is 114 Å². The van der Waals surface area contributed by atoms with Crippen LogP contribution in [0.15, 0.2) is 17.6 Å². The molecule has 1 aliphatic heterocycles. The summed E-state index contributed by atoms with van der Waals surface area (Å²) in [5.41, 5.74) is 0. The molecule has 1 aromatic rings. The summed E-state index contributed by atoms with van der Waals surface area (Å²) in [6.45, 7) is 4.15. The van der Waals surface area contributed by atoms with Gasteiger partial charge in [0.25, 0.3) is 10.0 Å². The lowest BCUT2D eigenvalue weighted by atomic mass is 10.1. The molecule has 0 saturated carbocycles. The molecule has 0 aliphatic carbocycles. The maximum absolute atomic E-state index is 12.4. The summed E-state index contributed by atoms with van der Waals surface area (Å²) in [5.74, 6) is 0. The second kappa shape index (κ2) is 6.02. The van der Waals surface area contributed by atoms with Crippen LogP contribution in [0.5, 0.6) is 0 Å². The van der Waals surface area contributed by atoms with Crippen LogP contribution < -0.4 is 5.32 Å². The van der Waals surface area contributed by atoms with Crippen molar-refractivity contribution in [1.29, 1.82) is 0 Å². The number of rotatable bonds is 5. The normalized spacial score (nSPS) is 20.9. The monoisotopic (exact) mass is 286 g/mol. The Balaban J connectivity index is 2.05. The zero-order valence-electron chi connectivity index (χ0n) is 11.5. The quantitative estimate of drug-likeness (QED) is 0.864. The Morgan fingerprint density at radius 2 is 2.32 bits per heavy atom. The second-order valence-corrected chi connectivity index (χ2v) is 6.97. The predicted molar refractivity (Wildman–Crippen MR) is 73.4 cm³/mol. The molecule has 0 aromatic carbocycles. The van der Waals surface area contributed by atoms with Crippen molar-refractivity contribution in [2.75, 3.05) is 20.1 Å². The molecule has 2 heterocycles. The van der Waals surface area contributed by atoms with Crippen molar-refractivity contribution in [3.8, 4) is 0 Å². The molecule has 1 aliphatic rings. The number of hydrogen-bond acceptors (Lipinski definition) is 4. The van der Waals surface area contributed by atoms with Gasteiger partial charge in [0.15, 0.2) is 5.03 Å². The highest BCUT2D eigenvalue weighted by atomic mass is 32.2. The smallest absolute Gasteiger partial charge is 0.261 e. The summed E-state index contributed by atoms with van der Waals surface area (Å²) >= 11 is 0. The topological polar surface area (TPSA) is 67.2 Å². The van der Waals surface area contributed by atoms with Gasteiger partial charge in [-0.05, 0) is 26.3 Å². The lowest BCUT2D eigenvalue weighted by Crippen LogP contribution is -2.44. The lowest BCUT2D eigenvalue weighted by Gasteiger charge is -2.27. The van der Waals surface area contributed by atoms with Gasteiger partial charge in [-0.2, -0.15) is 4.31 Å². The van der Waals surface area contributed by atoms with Crippen LogP contribution in [0.25, 0.3) is 0 Å². The second-order valence-electron chi connectivity index (χ2n) is 4.97. The van der Waals surface area contributed by atoms with Crippen LogP contribution in [0.3, 0.4) is 0 Å². The highest BCUT2D eigenvalue weighted by molar-refractivity contribution is 7.89. The summed E-state index contributed by atoms with van der Waals surface area (Å²) in [7, 11) is -1.84. The van der Waals surface area contributed by atoms with Crippen molar-refractivity contribution in [2.24, 2.45) is 0 Å². The van der Waals surface area contributed by atoms with Crippen LogP contribution in [0.1, 0.15) is 26.2 Å². The van der Waals surface area contributed by atoms with Gasteiger partial charge in [0, 0.05) is 32.4 Å². The molecule has 0 amide bonds. The van der Waals surface area contributed by atoms with Gasteiger partial charge in [-0.25, -0.2) is 13.4 Å². The first-order valence-electron chi connectivity index (χ1n) is 6.75. The van der Waals surface area contributed by atoms with Gasteiger partial charge < -0.3 is 9.88 Å². The van der Waals surface area contributed by atoms with Crippen molar-refractivity contribution in [3.05, 3.63) is 12.5 Å². The van der Waals surface area contributed by atoms with Crippen LogP contribution in [-0.4, -0.2) is 48.5 Å². The molecule has 1 N–H and O–H groups in total. The van der Waals surface area contributed by atoms with E-state index in [1.54, 1.807) is 24.1 Å². The van der Waals surface area contributed by atoms with Gasteiger partial charge in [0.2, 0.25) is 0 Å². The number of imidazole rings is 1. The number of nitrogens with zero attached hydrogens (tertiary/aromatic N) is 3. The molecule has 7 heteroatoms. The van der Waals surface area contributed by atoms with E-state index in [1.807, 2.05) is 6.92 Å². The fourth-order valence-corrected chi connectivity index (χ4v) is 3.44. The van der Waals surface area contributed by atoms with E-state index in [0.29, 0.717) is 6.54 Å². The molecule has 1 aromatic heterocycles. The highest BCUT2D eigenvalue weighted by Gasteiger charge is 2.26. The number of likely N-dealkylation sites (N-methyl/N-ethyl adjacent to an activating group) is 1. The summed E-state index contributed by atoms with van der Waals surface area (Å²) in [4.78, 5) is 3.99. The average molecular weight is 286 g/mol. The molecule has 108 valence electrons. The zero-order chi connectivity index (χ0) is 13.9. The molecular weight excluding hydrogens is 264 g/mol. The Morgan fingerprint density at radius 1 is 1.53 bits per heavy atom. The number of nitrogens with one attached hydrogen (secondary N) is 1. The number of aryl methyl sites for hydroxylation is 1. The van der Waals surface area contributed by atoms with Crippen molar-refractivity contribution in [1.82, 2.24) is 19.2 Å². The highest BCUT2D eigenvalue weighted by Crippen LogP contribution is 2.14. The van der Waals surface area contributed by atoms with Crippen molar-refractivity contribution in [2.45, 2.75) is 43.8 Å². The van der Waals surface area contributed by atoms with E-state index in [-0.39, 0.29) is 11.1 Å². The van der Waals surface area contributed by atoms with Crippen LogP contribution in [-0.2, 0) is 16.6 Å². The summed E-state index contributed by atoms with van der Waals surface area (Å²) in [5, 5.41) is 3.49. The standard InChI is InChI=1S/C12H22N4O2S/c1-3-16-9-12(14-10-16)19(17,18)15(2)8-11-6-4-5-7-13-11/h9-11,13H,3-8H2,1-2H3. The minimum Gasteiger partial charge on any atom is -0.336 e. The molecule has 6 nitrogen and oxygen atoms in total. The third-order valence-electron chi connectivity index (χ3n) is 3.54. The van der Waals surface area contributed by atoms with Crippen molar-refractivity contribution in [3.63, 3.8) is 0 Å². The van der Waals surface area contributed by atoms with E-state index in [9.17, 15) is 8.42 Å². The first-order chi connectivity index (χ1) is 9.04. The molecule has 1 unspecified atom stereocenters. The van der Waals surface area contributed by atoms with Crippen LogP contribution >= 0.6 is 0 Å². The van der Waals surface area contributed by atoms with Gasteiger partial charge in [-0.3, -0.25) is 0 Å². The van der Waals surface area contributed by atoms with Crippen molar-refractivity contribution >= 4 is 10.0 Å². The third kappa shape index (κ3) is 3.34. The van der Waals surface area contributed by atoms with Gasteiger partial charge >= 0.3 is 0 Å². The number of sulfonamides is 1. The lowest BCUT2D eigenvalue weighted by molar-refractivity contribution is 0.337. The fraction of sp³-hybridized carbons (Fsp3) is 0.750. The van der Waals surface area contributed by atoms with Crippen LogP contribution in [0, 0.1) is 0 Å².